The number of carbonyl (C=O) groups excluding carboxylic acids is 1. The molecule has 2 aliphatic heterocycles. The molecule has 0 aromatic carbocycles. The van der Waals surface area contributed by atoms with Gasteiger partial charge in [-0.25, -0.2) is 22.9 Å². The number of anilines is 2. The number of pyridine rings is 1. The van der Waals surface area contributed by atoms with Crippen LogP contribution in [0.2, 0.25) is 0 Å². The molecule has 0 bridgehead atoms. The second-order valence-corrected chi connectivity index (χ2v) is 8.91. The summed E-state index contributed by atoms with van der Waals surface area (Å²) in [4.78, 5) is 21.1. The highest BCUT2D eigenvalue weighted by molar-refractivity contribution is 7.88. The van der Waals surface area contributed by atoms with Crippen molar-refractivity contribution in [2.75, 3.05) is 49.2 Å². The zero-order valence-electron chi connectivity index (χ0n) is 15.1. The second kappa shape index (κ2) is 8.22. The monoisotopic (exact) mass is 381 g/mol. The Morgan fingerprint density at radius 3 is 2.77 bits per heavy atom. The molecule has 1 atom stereocenters. The quantitative estimate of drug-likeness (QED) is 0.806. The Hall–Kier alpha value is -1.87. The van der Waals surface area contributed by atoms with Crippen molar-refractivity contribution < 1.29 is 13.2 Å². The number of nitrogens with one attached hydrogen (secondary N) is 2. The average Bonchev–Trinajstić information content (AvgIpc) is 3.14. The molecule has 0 saturated carbocycles. The van der Waals surface area contributed by atoms with Gasteiger partial charge in [0, 0.05) is 38.9 Å². The Labute approximate surface area is 155 Å². The number of carbonyl (C=O) groups is 1. The lowest BCUT2D eigenvalue weighted by Crippen LogP contribution is -2.45. The summed E-state index contributed by atoms with van der Waals surface area (Å²) in [6.45, 7) is 3.52. The molecule has 2 saturated heterocycles. The predicted molar refractivity (Wildman–Crippen MR) is 102 cm³/mol. The highest BCUT2D eigenvalue weighted by Crippen LogP contribution is 2.27. The molecule has 2 N–H and O–H groups in total. The minimum Gasteiger partial charge on any atom is -0.355 e. The van der Waals surface area contributed by atoms with Crippen LogP contribution in [0.1, 0.15) is 25.7 Å². The van der Waals surface area contributed by atoms with Gasteiger partial charge in [0.1, 0.15) is 0 Å². The van der Waals surface area contributed by atoms with Gasteiger partial charge in [-0.15, -0.1) is 0 Å². The Morgan fingerprint density at radius 1 is 1.27 bits per heavy atom. The van der Waals surface area contributed by atoms with Gasteiger partial charge < -0.3 is 15.1 Å². The molecule has 3 rings (SSSR count). The number of aromatic nitrogens is 1. The van der Waals surface area contributed by atoms with Crippen LogP contribution in [0, 0.1) is 5.92 Å². The van der Waals surface area contributed by atoms with Crippen molar-refractivity contribution in [1.29, 1.82) is 0 Å². The molecule has 1 aromatic heterocycles. The fourth-order valence-electron chi connectivity index (χ4n) is 3.56. The van der Waals surface area contributed by atoms with E-state index in [0.29, 0.717) is 19.6 Å². The maximum absolute atomic E-state index is 12.7. The minimum atomic E-state index is -3.21. The van der Waals surface area contributed by atoms with Crippen molar-refractivity contribution >= 4 is 27.6 Å². The predicted octanol–water partition coefficient (Wildman–Crippen LogP) is 1.47. The highest BCUT2D eigenvalue weighted by atomic mass is 32.2. The van der Waals surface area contributed by atoms with Crippen molar-refractivity contribution in [1.82, 2.24) is 14.6 Å². The summed E-state index contributed by atoms with van der Waals surface area (Å²) in [5.74, 6) is 0.960. The highest BCUT2D eigenvalue weighted by Gasteiger charge is 2.25. The molecule has 0 spiro atoms. The third-order valence-electron chi connectivity index (χ3n) is 4.87. The lowest BCUT2D eigenvalue weighted by atomic mass is 9.99. The lowest BCUT2D eigenvalue weighted by molar-refractivity contribution is 0.178. The van der Waals surface area contributed by atoms with Crippen molar-refractivity contribution in [2.45, 2.75) is 25.7 Å². The first-order valence-electron chi connectivity index (χ1n) is 9.13. The van der Waals surface area contributed by atoms with Gasteiger partial charge in [0.25, 0.3) is 0 Å². The molecule has 1 aromatic rings. The summed E-state index contributed by atoms with van der Waals surface area (Å²) < 4.78 is 25.1. The number of hydrogen-bond donors (Lipinski definition) is 2. The smallest absolute Gasteiger partial charge is 0.321 e. The van der Waals surface area contributed by atoms with Gasteiger partial charge in [0.15, 0.2) is 5.82 Å². The van der Waals surface area contributed by atoms with E-state index < -0.39 is 10.0 Å². The fourth-order valence-corrected chi connectivity index (χ4v) is 4.09. The van der Waals surface area contributed by atoms with Crippen LogP contribution in [0.15, 0.2) is 18.3 Å². The number of sulfonamides is 1. The van der Waals surface area contributed by atoms with Crippen molar-refractivity contribution in [3.63, 3.8) is 0 Å². The van der Waals surface area contributed by atoms with E-state index in [1.807, 2.05) is 12.1 Å². The number of nitrogens with zero attached hydrogens (tertiary/aromatic N) is 3. The van der Waals surface area contributed by atoms with Crippen LogP contribution in [0.3, 0.4) is 0 Å². The second-order valence-electron chi connectivity index (χ2n) is 7.07. The van der Waals surface area contributed by atoms with E-state index in [-0.39, 0.29) is 11.9 Å². The van der Waals surface area contributed by atoms with Crippen LogP contribution in [-0.2, 0) is 10.0 Å². The van der Waals surface area contributed by atoms with Gasteiger partial charge in [-0.1, -0.05) is 0 Å². The third kappa shape index (κ3) is 5.07. The van der Waals surface area contributed by atoms with Gasteiger partial charge in [-0.3, -0.25) is 0 Å². The Morgan fingerprint density at radius 2 is 2.04 bits per heavy atom. The van der Waals surface area contributed by atoms with E-state index in [2.05, 4.69) is 19.9 Å². The van der Waals surface area contributed by atoms with E-state index >= 15 is 0 Å². The Bertz CT molecular complexity index is 734. The minimum absolute atomic E-state index is 0.135. The summed E-state index contributed by atoms with van der Waals surface area (Å²) in [5, 5.41) is 2.99. The molecule has 2 fully saturated rings. The van der Waals surface area contributed by atoms with Gasteiger partial charge >= 0.3 is 6.03 Å². The van der Waals surface area contributed by atoms with Crippen LogP contribution in [-0.4, -0.2) is 63.3 Å². The van der Waals surface area contributed by atoms with Crippen LogP contribution in [0.4, 0.5) is 16.3 Å². The Kier molecular flexibility index (Phi) is 5.98. The first kappa shape index (κ1) is 18.9. The number of piperidine rings is 1. The number of rotatable bonds is 5. The van der Waals surface area contributed by atoms with Gasteiger partial charge in [0.2, 0.25) is 10.0 Å². The summed E-state index contributed by atoms with van der Waals surface area (Å²) in [7, 11) is -3.21. The first-order valence-corrected chi connectivity index (χ1v) is 11.0. The van der Waals surface area contributed by atoms with Crippen LogP contribution < -0.4 is 14.9 Å². The topological polar surface area (TPSA) is 94.6 Å². The average molecular weight is 382 g/mol. The molecule has 26 heavy (non-hydrogen) atoms. The van der Waals surface area contributed by atoms with Gasteiger partial charge in [-0.2, -0.15) is 0 Å². The van der Waals surface area contributed by atoms with Crippen LogP contribution >= 0.6 is 0 Å². The SMILES string of the molecule is CS(=O)(=O)NC[C@H]1CCCN(C(=O)Nc2cccnc2N2CCCC2)C1. The summed E-state index contributed by atoms with van der Waals surface area (Å²) in [6.07, 6.45) is 6.98. The third-order valence-corrected chi connectivity index (χ3v) is 5.57. The zero-order valence-corrected chi connectivity index (χ0v) is 16.0. The first-order chi connectivity index (χ1) is 12.4. The largest absolute Gasteiger partial charge is 0.355 e. The molecule has 3 heterocycles. The maximum atomic E-state index is 12.7. The molecule has 0 radical (unpaired) electrons. The Balaban J connectivity index is 1.61. The van der Waals surface area contributed by atoms with E-state index in [0.717, 1.165) is 56.5 Å². The summed E-state index contributed by atoms with van der Waals surface area (Å²) in [5.41, 5.74) is 0.732. The molecular formula is C17H27N5O3S. The number of amides is 2. The molecule has 9 heteroatoms. The molecule has 144 valence electrons. The maximum Gasteiger partial charge on any atom is 0.321 e. The van der Waals surface area contributed by atoms with Crippen molar-refractivity contribution in [3.05, 3.63) is 18.3 Å². The molecule has 0 unspecified atom stereocenters. The normalized spacial score (nSPS) is 21.0. The molecule has 8 nitrogen and oxygen atoms in total. The van der Waals surface area contributed by atoms with E-state index in [9.17, 15) is 13.2 Å². The van der Waals surface area contributed by atoms with Crippen LogP contribution in [0.25, 0.3) is 0 Å². The van der Waals surface area contributed by atoms with Crippen LogP contribution in [0.5, 0.6) is 0 Å². The van der Waals surface area contributed by atoms with Gasteiger partial charge in [0.05, 0.1) is 11.9 Å². The van der Waals surface area contributed by atoms with Gasteiger partial charge in [-0.05, 0) is 43.7 Å². The fraction of sp³-hybridized carbons (Fsp3) is 0.647. The van der Waals surface area contributed by atoms with E-state index in [4.69, 9.17) is 0 Å². The summed E-state index contributed by atoms with van der Waals surface area (Å²) >= 11 is 0. The van der Waals surface area contributed by atoms with Crippen molar-refractivity contribution in [2.24, 2.45) is 5.92 Å². The summed E-state index contributed by atoms with van der Waals surface area (Å²) in [6, 6.07) is 3.55. The lowest BCUT2D eigenvalue weighted by Gasteiger charge is -2.33. The van der Waals surface area contributed by atoms with E-state index in [1.165, 1.54) is 0 Å². The number of hydrogen-bond acceptors (Lipinski definition) is 5. The number of urea groups is 1. The molecular weight excluding hydrogens is 354 g/mol. The zero-order chi connectivity index (χ0) is 18.6. The standard InChI is InChI=1S/C17H27N5O3S/c1-26(24,25)19-12-14-6-5-11-22(13-14)17(23)20-15-7-4-8-18-16(15)21-9-2-3-10-21/h4,7-8,14,19H,2-3,5-6,9-13H2,1H3,(H,20,23)/t14-/m1/s1. The number of likely N-dealkylation sites (tertiary alicyclic amines) is 1. The molecule has 2 aliphatic rings. The molecule has 2 amide bonds. The van der Waals surface area contributed by atoms with Crippen molar-refractivity contribution in [3.8, 4) is 0 Å². The van der Waals surface area contributed by atoms with E-state index in [1.54, 1.807) is 11.1 Å². The molecule has 0 aliphatic carbocycles.